The smallest absolute Gasteiger partial charge is 0.434 e. The van der Waals surface area contributed by atoms with Crippen molar-refractivity contribution in [2.45, 2.75) is 122 Å². The second kappa shape index (κ2) is 13.7. The van der Waals surface area contributed by atoms with E-state index in [0.717, 1.165) is 44.4 Å². The van der Waals surface area contributed by atoms with Gasteiger partial charge in [0.25, 0.3) is 0 Å². The Kier molecular flexibility index (Phi) is 11.3. The lowest BCUT2D eigenvalue weighted by Crippen LogP contribution is -2.31. The summed E-state index contributed by atoms with van der Waals surface area (Å²) in [5.41, 5.74) is 0. The summed E-state index contributed by atoms with van der Waals surface area (Å²) < 4.78 is 21.4. The van der Waals surface area contributed by atoms with Crippen molar-refractivity contribution in [3.8, 4) is 0 Å². The third-order valence-electron chi connectivity index (χ3n) is 5.86. The molecule has 0 aromatic rings. The molecule has 0 bridgehead atoms. The van der Waals surface area contributed by atoms with Crippen LogP contribution in [-0.2, 0) is 18.9 Å². The second-order valence-electron chi connectivity index (χ2n) is 8.96. The van der Waals surface area contributed by atoms with Crippen molar-refractivity contribution < 1.29 is 28.5 Å². The Morgan fingerprint density at radius 3 is 1.79 bits per heavy atom. The van der Waals surface area contributed by atoms with E-state index in [9.17, 15) is 9.59 Å². The fourth-order valence-electron chi connectivity index (χ4n) is 4.08. The van der Waals surface area contributed by atoms with Gasteiger partial charge in [-0.2, -0.15) is 0 Å². The summed E-state index contributed by atoms with van der Waals surface area (Å²) in [5.74, 6) is 0.754. The highest BCUT2D eigenvalue weighted by atomic mass is 16.7. The molecule has 0 aliphatic heterocycles. The standard InChI is InChI=1S/C23H40O6/c1-18(2)10-6-3-4-9-17-26-22(24)27-20-13-15-21(16-14-20)29-23(25)28-19-11-7-5-8-12-19/h18-21H,3-17H2,1-2H3. The van der Waals surface area contributed by atoms with Gasteiger partial charge in [-0.1, -0.05) is 46.0 Å². The van der Waals surface area contributed by atoms with Crippen molar-refractivity contribution in [2.24, 2.45) is 5.92 Å². The molecule has 0 aromatic carbocycles. The monoisotopic (exact) mass is 412 g/mol. The first-order chi connectivity index (χ1) is 14.0. The van der Waals surface area contributed by atoms with Gasteiger partial charge in [-0.05, 0) is 63.7 Å². The van der Waals surface area contributed by atoms with Crippen molar-refractivity contribution in [1.29, 1.82) is 0 Å². The van der Waals surface area contributed by atoms with Crippen LogP contribution in [0.2, 0.25) is 0 Å². The van der Waals surface area contributed by atoms with E-state index in [-0.39, 0.29) is 18.3 Å². The molecule has 0 heterocycles. The number of ether oxygens (including phenoxy) is 4. The minimum atomic E-state index is -0.576. The van der Waals surface area contributed by atoms with Crippen LogP contribution in [0.5, 0.6) is 0 Å². The van der Waals surface area contributed by atoms with E-state index in [0.29, 0.717) is 32.3 Å². The number of hydrogen-bond donors (Lipinski definition) is 0. The van der Waals surface area contributed by atoms with Crippen LogP contribution in [0.1, 0.15) is 104 Å². The largest absolute Gasteiger partial charge is 0.508 e. The van der Waals surface area contributed by atoms with Crippen LogP contribution in [-0.4, -0.2) is 37.2 Å². The molecule has 0 aromatic heterocycles. The zero-order valence-corrected chi connectivity index (χ0v) is 18.4. The molecule has 29 heavy (non-hydrogen) atoms. The highest BCUT2D eigenvalue weighted by Crippen LogP contribution is 2.26. The maximum absolute atomic E-state index is 11.9. The first-order valence-electron chi connectivity index (χ1n) is 11.7. The summed E-state index contributed by atoms with van der Waals surface area (Å²) in [6.07, 6.45) is 12.3. The third kappa shape index (κ3) is 10.8. The van der Waals surface area contributed by atoms with E-state index in [1.54, 1.807) is 0 Å². The molecule has 0 N–H and O–H groups in total. The lowest BCUT2D eigenvalue weighted by Gasteiger charge is -2.28. The number of carbonyl (C=O) groups excluding carboxylic acids is 2. The molecule has 0 spiro atoms. The summed E-state index contributed by atoms with van der Waals surface area (Å²) in [6.45, 7) is 4.90. The molecule has 2 saturated carbocycles. The van der Waals surface area contributed by atoms with Gasteiger partial charge in [0.15, 0.2) is 0 Å². The van der Waals surface area contributed by atoms with Crippen molar-refractivity contribution in [3.63, 3.8) is 0 Å². The first-order valence-corrected chi connectivity index (χ1v) is 11.7. The van der Waals surface area contributed by atoms with Crippen molar-refractivity contribution in [3.05, 3.63) is 0 Å². The lowest BCUT2D eigenvalue weighted by atomic mass is 9.95. The normalized spacial score (nSPS) is 22.9. The molecule has 2 fully saturated rings. The SMILES string of the molecule is CC(C)CCCCCCOC(=O)OC1CCC(OC(=O)OC2CCCCC2)CC1. The van der Waals surface area contributed by atoms with Crippen LogP contribution in [0.3, 0.4) is 0 Å². The van der Waals surface area contributed by atoms with Crippen LogP contribution < -0.4 is 0 Å². The van der Waals surface area contributed by atoms with Gasteiger partial charge in [0.2, 0.25) is 0 Å². The fraction of sp³-hybridized carbons (Fsp3) is 0.913. The summed E-state index contributed by atoms with van der Waals surface area (Å²) >= 11 is 0. The topological polar surface area (TPSA) is 71.1 Å². The zero-order valence-electron chi connectivity index (χ0n) is 18.4. The van der Waals surface area contributed by atoms with Crippen LogP contribution in [0.15, 0.2) is 0 Å². The molecule has 168 valence electrons. The van der Waals surface area contributed by atoms with Gasteiger partial charge in [0, 0.05) is 0 Å². The van der Waals surface area contributed by atoms with E-state index in [2.05, 4.69) is 13.8 Å². The van der Waals surface area contributed by atoms with E-state index >= 15 is 0 Å². The molecular weight excluding hydrogens is 372 g/mol. The number of rotatable bonds is 10. The van der Waals surface area contributed by atoms with Crippen molar-refractivity contribution >= 4 is 12.3 Å². The van der Waals surface area contributed by atoms with Crippen molar-refractivity contribution in [1.82, 2.24) is 0 Å². The number of carbonyl (C=O) groups is 2. The molecule has 6 nitrogen and oxygen atoms in total. The van der Waals surface area contributed by atoms with Gasteiger partial charge in [-0.15, -0.1) is 0 Å². The Hall–Kier alpha value is -1.46. The molecule has 0 atom stereocenters. The Balaban J connectivity index is 1.48. The summed E-state index contributed by atoms with van der Waals surface area (Å²) in [7, 11) is 0. The second-order valence-corrected chi connectivity index (χ2v) is 8.96. The maximum atomic E-state index is 11.9. The Labute approximate surface area is 176 Å². The van der Waals surface area contributed by atoms with E-state index < -0.39 is 12.3 Å². The molecular formula is C23H40O6. The quantitative estimate of drug-likeness (QED) is 0.299. The Morgan fingerprint density at radius 2 is 1.21 bits per heavy atom. The highest BCUT2D eigenvalue weighted by Gasteiger charge is 2.28. The lowest BCUT2D eigenvalue weighted by molar-refractivity contribution is -0.0401. The average Bonchev–Trinajstić information content (AvgIpc) is 2.69. The summed E-state index contributed by atoms with van der Waals surface area (Å²) in [4.78, 5) is 23.8. The van der Waals surface area contributed by atoms with E-state index in [1.807, 2.05) is 0 Å². The van der Waals surface area contributed by atoms with Gasteiger partial charge in [0.05, 0.1) is 6.61 Å². The zero-order chi connectivity index (χ0) is 20.9. The Morgan fingerprint density at radius 1 is 0.690 bits per heavy atom. The van der Waals surface area contributed by atoms with E-state index in [1.165, 1.54) is 25.7 Å². The summed E-state index contributed by atoms with van der Waals surface area (Å²) in [5, 5.41) is 0. The minimum absolute atomic E-state index is 0.0147. The molecule has 2 aliphatic carbocycles. The van der Waals surface area contributed by atoms with Gasteiger partial charge >= 0.3 is 12.3 Å². The summed E-state index contributed by atoms with van der Waals surface area (Å²) in [6, 6.07) is 0. The predicted molar refractivity (Wildman–Crippen MR) is 111 cm³/mol. The third-order valence-corrected chi connectivity index (χ3v) is 5.86. The highest BCUT2D eigenvalue weighted by molar-refractivity contribution is 5.60. The van der Waals surface area contributed by atoms with Gasteiger partial charge < -0.3 is 18.9 Å². The average molecular weight is 413 g/mol. The molecule has 0 unspecified atom stereocenters. The van der Waals surface area contributed by atoms with Gasteiger partial charge in [-0.3, -0.25) is 0 Å². The molecule has 6 heteroatoms. The van der Waals surface area contributed by atoms with Crippen LogP contribution >= 0.6 is 0 Å². The van der Waals surface area contributed by atoms with Crippen LogP contribution in [0.25, 0.3) is 0 Å². The molecule has 2 aliphatic rings. The predicted octanol–water partition coefficient (Wildman–Crippen LogP) is 6.54. The number of hydrogen-bond acceptors (Lipinski definition) is 6. The minimum Gasteiger partial charge on any atom is -0.434 e. The first kappa shape index (κ1) is 23.8. The molecule has 0 radical (unpaired) electrons. The van der Waals surface area contributed by atoms with Crippen LogP contribution in [0.4, 0.5) is 9.59 Å². The molecule has 0 amide bonds. The van der Waals surface area contributed by atoms with Crippen LogP contribution in [0, 0.1) is 5.92 Å². The van der Waals surface area contributed by atoms with Gasteiger partial charge in [-0.25, -0.2) is 9.59 Å². The maximum Gasteiger partial charge on any atom is 0.508 e. The van der Waals surface area contributed by atoms with E-state index in [4.69, 9.17) is 18.9 Å². The van der Waals surface area contributed by atoms with Crippen molar-refractivity contribution in [2.75, 3.05) is 6.61 Å². The molecule has 2 rings (SSSR count). The fourth-order valence-corrected chi connectivity index (χ4v) is 4.08. The van der Waals surface area contributed by atoms with Gasteiger partial charge in [0.1, 0.15) is 18.3 Å². The Bertz CT molecular complexity index is 464. The number of unbranched alkanes of at least 4 members (excludes halogenated alkanes) is 3. The molecule has 0 saturated heterocycles.